The Bertz CT molecular complexity index is 1090. The average Bonchev–Trinajstić information content (AvgIpc) is 2.66. The van der Waals surface area contributed by atoms with Crippen LogP contribution in [0.4, 0.5) is 18.9 Å². The predicted octanol–water partition coefficient (Wildman–Crippen LogP) is 6.11. The lowest BCUT2D eigenvalue weighted by Gasteiger charge is -2.18. The SMILES string of the molecule is CCSc1oc2c(C(C)Nc3ccc(C(F)(F)F)nc3)cc(C)cc2c(=O)c1C. The van der Waals surface area contributed by atoms with Gasteiger partial charge in [-0.25, -0.2) is 4.98 Å². The fourth-order valence-corrected chi connectivity index (χ4v) is 3.83. The Hall–Kier alpha value is -2.48. The molecule has 2 aromatic heterocycles. The first-order valence-electron chi connectivity index (χ1n) is 9.12. The number of nitrogens with zero attached hydrogens (tertiary/aromatic N) is 1. The standard InChI is InChI=1S/C21H21F3N2O2S/c1-5-29-20-12(3)18(27)16-9-11(2)8-15(19(16)28-20)13(4)26-14-6-7-17(25-10-14)21(22,23)24/h6-10,13,26H,5H2,1-4H3. The molecule has 0 fully saturated rings. The molecule has 1 aromatic carbocycles. The minimum atomic E-state index is -4.48. The zero-order valence-electron chi connectivity index (χ0n) is 16.5. The molecule has 0 saturated heterocycles. The van der Waals surface area contributed by atoms with Crippen LogP contribution in [0.25, 0.3) is 11.0 Å². The molecule has 0 spiro atoms. The molecule has 0 aliphatic carbocycles. The number of alkyl halides is 3. The highest BCUT2D eigenvalue weighted by atomic mass is 32.2. The van der Waals surface area contributed by atoms with Crippen molar-refractivity contribution in [3.8, 4) is 0 Å². The van der Waals surface area contributed by atoms with Crippen molar-refractivity contribution < 1.29 is 17.6 Å². The van der Waals surface area contributed by atoms with E-state index in [-0.39, 0.29) is 11.5 Å². The van der Waals surface area contributed by atoms with Gasteiger partial charge in [0.05, 0.1) is 23.3 Å². The average molecular weight is 422 g/mol. The Morgan fingerprint density at radius 1 is 1.24 bits per heavy atom. The molecule has 8 heteroatoms. The largest absolute Gasteiger partial charge is 0.449 e. The number of benzene rings is 1. The van der Waals surface area contributed by atoms with E-state index in [1.54, 1.807) is 13.0 Å². The summed E-state index contributed by atoms with van der Waals surface area (Å²) in [6.45, 7) is 7.48. The summed E-state index contributed by atoms with van der Waals surface area (Å²) in [5, 5.41) is 4.22. The van der Waals surface area contributed by atoms with Crippen molar-refractivity contribution in [1.82, 2.24) is 4.98 Å². The first kappa shape index (κ1) is 21.2. The summed E-state index contributed by atoms with van der Waals surface area (Å²) in [6.07, 6.45) is -3.33. The maximum atomic E-state index is 12.8. The van der Waals surface area contributed by atoms with Gasteiger partial charge < -0.3 is 9.73 Å². The van der Waals surface area contributed by atoms with Crippen LogP contribution in [0, 0.1) is 13.8 Å². The maximum Gasteiger partial charge on any atom is 0.433 e. The molecule has 3 rings (SSSR count). The van der Waals surface area contributed by atoms with Gasteiger partial charge in [-0.05, 0) is 50.3 Å². The molecule has 3 aromatic rings. The first-order chi connectivity index (χ1) is 13.6. The van der Waals surface area contributed by atoms with Crippen LogP contribution in [0.5, 0.6) is 0 Å². The molecule has 1 atom stereocenters. The van der Waals surface area contributed by atoms with Gasteiger partial charge in [0.2, 0.25) is 0 Å². The molecule has 0 amide bonds. The lowest BCUT2D eigenvalue weighted by molar-refractivity contribution is -0.141. The van der Waals surface area contributed by atoms with Gasteiger partial charge in [-0.1, -0.05) is 24.8 Å². The molecule has 0 saturated carbocycles. The van der Waals surface area contributed by atoms with Crippen LogP contribution in [0.1, 0.15) is 42.3 Å². The lowest BCUT2D eigenvalue weighted by atomic mass is 10.0. The number of halogens is 3. The van der Waals surface area contributed by atoms with Crippen molar-refractivity contribution in [2.75, 3.05) is 11.1 Å². The van der Waals surface area contributed by atoms with Gasteiger partial charge in [0.1, 0.15) is 11.3 Å². The van der Waals surface area contributed by atoms with Crippen molar-refractivity contribution in [2.24, 2.45) is 0 Å². The lowest BCUT2D eigenvalue weighted by Crippen LogP contribution is -2.13. The monoisotopic (exact) mass is 422 g/mol. The number of thioether (sulfide) groups is 1. The van der Waals surface area contributed by atoms with Crippen LogP contribution in [-0.2, 0) is 6.18 Å². The van der Waals surface area contributed by atoms with E-state index in [9.17, 15) is 18.0 Å². The fourth-order valence-electron chi connectivity index (χ4n) is 3.11. The molecule has 29 heavy (non-hydrogen) atoms. The van der Waals surface area contributed by atoms with Gasteiger partial charge in [0.15, 0.2) is 10.5 Å². The molecule has 4 nitrogen and oxygen atoms in total. The number of anilines is 1. The minimum absolute atomic E-state index is 0.0736. The summed E-state index contributed by atoms with van der Waals surface area (Å²) in [7, 11) is 0. The van der Waals surface area contributed by atoms with Crippen LogP contribution in [-0.4, -0.2) is 10.7 Å². The third-order valence-corrected chi connectivity index (χ3v) is 5.47. The molecule has 1 unspecified atom stereocenters. The summed E-state index contributed by atoms with van der Waals surface area (Å²) in [5.74, 6) is 0.765. The summed E-state index contributed by atoms with van der Waals surface area (Å²) < 4.78 is 44.2. The van der Waals surface area contributed by atoms with Crippen molar-refractivity contribution in [1.29, 1.82) is 0 Å². The van der Waals surface area contributed by atoms with E-state index < -0.39 is 11.9 Å². The van der Waals surface area contributed by atoms with Crippen LogP contribution >= 0.6 is 11.8 Å². The van der Waals surface area contributed by atoms with E-state index in [0.29, 0.717) is 27.3 Å². The Balaban J connectivity index is 2.03. The number of aromatic nitrogens is 1. The second kappa shape index (κ2) is 8.10. The molecule has 0 radical (unpaired) electrons. The number of aryl methyl sites for hydroxylation is 1. The van der Waals surface area contributed by atoms with Crippen molar-refractivity contribution in [3.05, 3.63) is 63.1 Å². The first-order valence-corrected chi connectivity index (χ1v) is 10.1. The Kier molecular flexibility index (Phi) is 5.93. The zero-order chi connectivity index (χ0) is 21.3. The normalized spacial score (nSPS) is 12.9. The summed E-state index contributed by atoms with van der Waals surface area (Å²) in [4.78, 5) is 16.3. The fraction of sp³-hybridized carbons (Fsp3) is 0.333. The summed E-state index contributed by atoms with van der Waals surface area (Å²) in [6, 6.07) is 5.66. The number of nitrogens with one attached hydrogen (secondary N) is 1. The van der Waals surface area contributed by atoms with Gasteiger partial charge in [-0.3, -0.25) is 4.79 Å². The second-order valence-electron chi connectivity index (χ2n) is 6.80. The smallest absolute Gasteiger partial charge is 0.433 e. The quantitative estimate of drug-likeness (QED) is 0.503. The highest BCUT2D eigenvalue weighted by Gasteiger charge is 2.32. The van der Waals surface area contributed by atoms with E-state index in [2.05, 4.69) is 10.3 Å². The van der Waals surface area contributed by atoms with Crippen LogP contribution < -0.4 is 10.7 Å². The maximum absolute atomic E-state index is 12.8. The van der Waals surface area contributed by atoms with Crippen LogP contribution in [0.3, 0.4) is 0 Å². The number of fused-ring (bicyclic) bond motifs is 1. The van der Waals surface area contributed by atoms with Gasteiger partial charge in [-0.2, -0.15) is 13.2 Å². The predicted molar refractivity (Wildman–Crippen MR) is 110 cm³/mol. The van der Waals surface area contributed by atoms with E-state index in [1.807, 2.05) is 26.8 Å². The van der Waals surface area contributed by atoms with Gasteiger partial charge in [-0.15, -0.1) is 0 Å². The van der Waals surface area contributed by atoms with Crippen LogP contribution in [0.2, 0.25) is 0 Å². The number of rotatable bonds is 5. The van der Waals surface area contributed by atoms with E-state index in [4.69, 9.17) is 4.42 Å². The molecule has 2 heterocycles. The molecule has 0 bridgehead atoms. The molecular weight excluding hydrogens is 401 g/mol. The molecular formula is C21H21F3N2O2S. The number of hydrogen-bond acceptors (Lipinski definition) is 5. The zero-order valence-corrected chi connectivity index (χ0v) is 17.3. The van der Waals surface area contributed by atoms with E-state index >= 15 is 0 Å². The van der Waals surface area contributed by atoms with Crippen molar-refractivity contribution in [2.45, 2.75) is 45.0 Å². The number of pyridine rings is 1. The van der Waals surface area contributed by atoms with E-state index in [1.165, 1.54) is 17.8 Å². The Morgan fingerprint density at radius 3 is 2.55 bits per heavy atom. The third-order valence-electron chi connectivity index (χ3n) is 4.53. The summed E-state index contributed by atoms with van der Waals surface area (Å²) in [5.41, 5.74) is 2.15. The summed E-state index contributed by atoms with van der Waals surface area (Å²) >= 11 is 1.46. The van der Waals surface area contributed by atoms with Gasteiger partial charge in [0, 0.05) is 11.1 Å². The Morgan fingerprint density at radius 2 is 1.97 bits per heavy atom. The Labute approximate surface area is 170 Å². The highest BCUT2D eigenvalue weighted by Crippen LogP contribution is 2.32. The minimum Gasteiger partial charge on any atom is -0.449 e. The second-order valence-corrected chi connectivity index (χ2v) is 8.04. The van der Waals surface area contributed by atoms with Crippen molar-refractivity contribution in [3.63, 3.8) is 0 Å². The van der Waals surface area contributed by atoms with Gasteiger partial charge in [0.25, 0.3) is 0 Å². The topological polar surface area (TPSA) is 55.1 Å². The van der Waals surface area contributed by atoms with E-state index in [0.717, 1.165) is 29.1 Å². The van der Waals surface area contributed by atoms with Gasteiger partial charge >= 0.3 is 6.18 Å². The molecule has 154 valence electrons. The highest BCUT2D eigenvalue weighted by molar-refractivity contribution is 7.99. The molecule has 1 N–H and O–H groups in total. The third kappa shape index (κ3) is 4.42. The van der Waals surface area contributed by atoms with Crippen molar-refractivity contribution >= 4 is 28.4 Å². The van der Waals surface area contributed by atoms with Crippen LogP contribution in [0.15, 0.2) is 44.8 Å². The molecule has 0 aliphatic heterocycles. The molecule has 0 aliphatic rings. The number of hydrogen-bond donors (Lipinski definition) is 1.